The molecule has 1 saturated heterocycles. The highest BCUT2D eigenvalue weighted by Crippen LogP contribution is 2.32. The lowest BCUT2D eigenvalue weighted by atomic mass is 9.80. The summed E-state index contributed by atoms with van der Waals surface area (Å²) in [6, 6.07) is 4.47. The van der Waals surface area contributed by atoms with Gasteiger partial charge in [0.05, 0.1) is 7.11 Å². The molecular weight excluding hydrogens is 248 g/mol. The Morgan fingerprint density at radius 2 is 1.80 bits per heavy atom. The lowest BCUT2D eigenvalue weighted by Gasteiger charge is -2.36. The zero-order chi connectivity index (χ0) is 14.8. The van der Waals surface area contributed by atoms with E-state index in [0.717, 1.165) is 38.5 Å². The Bertz CT molecular complexity index is 462. The van der Waals surface area contributed by atoms with Gasteiger partial charge in [-0.1, -0.05) is 19.9 Å². The summed E-state index contributed by atoms with van der Waals surface area (Å²) in [4.78, 5) is 2.56. The Morgan fingerprint density at radius 3 is 2.40 bits per heavy atom. The molecule has 0 amide bonds. The number of nitrogens with zero attached hydrogens (tertiary/aromatic N) is 1. The van der Waals surface area contributed by atoms with Gasteiger partial charge in [-0.15, -0.1) is 0 Å². The van der Waals surface area contributed by atoms with E-state index in [1.54, 1.807) is 7.11 Å². The molecule has 0 aromatic heterocycles. The molecule has 1 N–H and O–H groups in total. The Balaban J connectivity index is 2.21. The number of rotatable bonds is 4. The normalized spacial score (nSPS) is 17.2. The lowest BCUT2D eigenvalue weighted by Crippen LogP contribution is -2.48. The minimum Gasteiger partial charge on any atom is -0.496 e. The van der Waals surface area contributed by atoms with Crippen LogP contribution in [-0.2, 0) is 5.41 Å². The topological polar surface area (TPSA) is 24.5 Å². The minimum atomic E-state index is 0.165. The Labute approximate surface area is 123 Å². The summed E-state index contributed by atoms with van der Waals surface area (Å²) >= 11 is 0. The Morgan fingerprint density at radius 1 is 1.15 bits per heavy atom. The highest BCUT2D eigenvalue weighted by molar-refractivity contribution is 5.44. The highest BCUT2D eigenvalue weighted by atomic mass is 16.5. The number of aryl methyl sites for hydroxylation is 2. The number of piperazine rings is 1. The average molecular weight is 276 g/mol. The van der Waals surface area contributed by atoms with E-state index >= 15 is 0 Å². The van der Waals surface area contributed by atoms with Crippen LogP contribution >= 0.6 is 0 Å². The van der Waals surface area contributed by atoms with Crippen LogP contribution in [0.1, 0.15) is 30.5 Å². The van der Waals surface area contributed by atoms with Crippen molar-refractivity contribution in [3.05, 3.63) is 28.8 Å². The van der Waals surface area contributed by atoms with Crippen LogP contribution in [-0.4, -0.2) is 44.7 Å². The third kappa shape index (κ3) is 3.33. The minimum absolute atomic E-state index is 0.165. The van der Waals surface area contributed by atoms with E-state index in [4.69, 9.17) is 4.74 Å². The summed E-state index contributed by atoms with van der Waals surface area (Å²) in [5.74, 6) is 0.990. The fourth-order valence-corrected chi connectivity index (χ4v) is 3.25. The summed E-state index contributed by atoms with van der Waals surface area (Å²) in [5.41, 5.74) is 4.15. The second kappa shape index (κ2) is 6.15. The molecular formula is C17H28N2O. The summed E-state index contributed by atoms with van der Waals surface area (Å²) in [6.07, 6.45) is 0. The van der Waals surface area contributed by atoms with Crippen molar-refractivity contribution in [2.75, 3.05) is 39.8 Å². The number of hydrogen-bond acceptors (Lipinski definition) is 3. The third-order valence-electron chi connectivity index (χ3n) is 4.30. The predicted octanol–water partition coefficient (Wildman–Crippen LogP) is 2.49. The summed E-state index contributed by atoms with van der Waals surface area (Å²) in [6.45, 7) is 14.6. The van der Waals surface area contributed by atoms with Crippen LogP contribution < -0.4 is 10.1 Å². The largest absolute Gasteiger partial charge is 0.496 e. The Hall–Kier alpha value is -1.06. The van der Waals surface area contributed by atoms with E-state index in [1.807, 2.05) is 0 Å². The number of methoxy groups -OCH3 is 1. The zero-order valence-electron chi connectivity index (χ0n) is 13.5. The molecule has 2 rings (SSSR count). The number of benzene rings is 1. The van der Waals surface area contributed by atoms with Gasteiger partial charge in [-0.2, -0.15) is 0 Å². The van der Waals surface area contributed by atoms with Crippen molar-refractivity contribution in [2.45, 2.75) is 33.1 Å². The van der Waals surface area contributed by atoms with Gasteiger partial charge in [0.1, 0.15) is 5.75 Å². The van der Waals surface area contributed by atoms with Crippen molar-refractivity contribution in [1.29, 1.82) is 0 Å². The zero-order valence-corrected chi connectivity index (χ0v) is 13.5. The third-order valence-corrected chi connectivity index (χ3v) is 4.30. The fourth-order valence-electron chi connectivity index (χ4n) is 3.25. The van der Waals surface area contributed by atoms with Crippen LogP contribution in [0, 0.1) is 13.8 Å². The van der Waals surface area contributed by atoms with Gasteiger partial charge in [-0.3, -0.25) is 4.90 Å². The van der Waals surface area contributed by atoms with Crippen molar-refractivity contribution in [2.24, 2.45) is 0 Å². The first-order valence-electron chi connectivity index (χ1n) is 7.53. The van der Waals surface area contributed by atoms with Crippen LogP contribution in [0.3, 0.4) is 0 Å². The van der Waals surface area contributed by atoms with Gasteiger partial charge in [0.25, 0.3) is 0 Å². The second-order valence-corrected chi connectivity index (χ2v) is 6.55. The fraction of sp³-hybridized carbons (Fsp3) is 0.647. The average Bonchev–Trinajstić information content (AvgIpc) is 2.41. The SMILES string of the molecule is COc1cc(C)c(C(C)(C)CN2CCNCC2)cc1C. The van der Waals surface area contributed by atoms with E-state index in [-0.39, 0.29) is 5.41 Å². The quantitative estimate of drug-likeness (QED) is 0.914. The molecule has 0 saturated carbocycles. The first-order chi connectivity index (χ1) is 9.44. The van der Waals surface area contributed by atoms with Gasteiger partial charge in [-0.25, -0.2) is 0 Å². The van der Waals surface area contributed by atoms with Crippen molar-refractivity contribution < 1.29 is 4.74 Å². The molecule has 112 valence electrons. The monoisotopic (exact) mass is 276 g/mol. The Kier molecular flexibility index (Phi) is 4.71. The molecule has 20 heavy (non-hydrogen) atoms. The van der Waals surface area contributed by atoms with E-state index in [0.29, 0.717) is 0 Å². The van der Waals surface area contributed by atoms with Crippen molar-refractivity contribution in [3.8, 4) is 5.75 Å². The molecule has 1 fully saturated rings. The molecule has 1 aromatic carbocycles. The van der Waals surface area contributed by atoms with Crippen LogP contribution in [0.15, 0.2) is 12.1 Å². The van der Waals surface area contributed by atoms with Crippen molar-refractivity contribution in [3.63, 3.8) is 0 Å². The molecule has 1 aliphatic rings. The molecule has 1 aromatic rings. The molecule has 3 heteroatoms. The van der Waals surface area contributed by atoms with E-state index in [9.17, 15) is 0 Å². The second-order valence-electron chi connectivity index (χ2n) is 6.55. The molecule has 0 radical (unpaired) electrons. The molecule has 1 aliphatic heterocycles. The maximum absolute atomic E-state index is 5.42. The van der Waals surface area contributed by atoms with Crippen molar-refractivity contribution in [1.82, 2.24) is 10.2 Å². The summed E-state index contributed by atoms with van der Waals surface area (Å²) < 4.78 is 5.42. The first kappa shape index (κ1) is 15.3. The summed E-state index contributed by atoms with van der Waals surface area (Å²) in [7, 11) is 1.74. The molecule has 1 heterocycles. The smallest absolute Gasteiger partial charge is 0.122 e. The van der Waals surface area contributed by atoms with Crippen LogP contribution in [0.4, 0.5) is 0 Å². The predicted molar refractivity (Wildman–Crippen MR) is 84.8 cm³/mol. The van der Waals surface area contributed by atoms with E-state index < -0.39 is 0 Å². The van der Waals surface area contributed by atoms with E-state index in [2.05, 4.69) is 50.0 Å². The van der Waals surface area contributed by atoms with Gasteiger partial charge in [0, 0.05) is 38.1 Å². The van der Waals surface area contributed by atoms with Crippen molar-refractivity contribution >= 4 is 0 Å². The van der Waals surface area contributed by atoms with Gasteiger partial charge >= 0.3 is 0 Å². The molecule has 0 spiro atoms. The van der Waals surface area contributed by atoms with Gasteiger partial charge < -0.3 is 10.1 Å². The summed E-state index contributed by atoms with van der Waals surface area (Å²) in [5, 5.41) is 3.42. The highest BCUT2D eigenvalue weighted by Gasteiger charge is 2.27. The lowest BCUT2D eigenvalue weighted by molar-refractivity contribution is 0.199. The van der Waals surface area contributed by atoms with Crippen LogP contribution in [0.2, 0.25) is 0 Å². The van der Waals surface area contributed by atoms with Gasteiger partial charge in [0.15, 0.2) is 0 Å². The van der Waals surface area contributed by atoms with Gasteiger partial charge in [0.2, 0.25) is 0 Å². The van der Waals surface area contributed by atoms with Crippen LogP contribution in [0.25, 0.3) is 0 Å². The number of nitrogens with one attached hydrogen (secondary N) is 1. The molecule has 0 aliphatic carbocycles. The van der Waals surface area contributed by atoms with E-state index in [1.165, 1.54) is 16.7 Å². The van der Waals surface area contributed by atoms with Crippen LogP contribution in [0.5, 0.6) is 5.75 Å². The maximum atomic E-state index is 5.42. The maximum Gasteiger partial charge on any atom is 0.122 e. The molecule has 3 nitrogen and oxygen atoms in total. The number of ether oxygens (including phenoxy) is 1. The molecule has 0 bridgehead atoms. The standard InChI is InChI=1S/C17H28N2O/c1-13-11-16(20-5)14(2)10-15(13)17(3,4)12-19-8-6-18-7-9-19/h10-11,18H,6-9,12H2,1-5H3. The number of hydrogen-bond donors (Lipinski definition) is 1. The molecule has 0 unspecified atom stereocenters. The van der Waals surface area contributed by atoms with Gasteiger partial charge in [-0.05, 0) is 36.6 Å². The molecule has 0 atom stereocenters. The first-order valence-corrected chi connectivity index (χ1v) is 7.53.